The zero-order chi connectivity index (χ0) is 16.6. The predicted octanol–water partition coefficient (Wildman–Crippen LogP) is 3.10. The van der Waals surface area contributed by atoms with E-state index in [-0.39, 0.29) is 22.7 Å². The molecule has 0 aromatic heterocycles. The first-order valence-corrected chi connectivity index (χ1v) is 9.37. The number of allylic oxidation sites excluding steroid dienone is 2. The van der Waals surface area contributed by atoms with Gasteiger partial charge >= 0.3 is 0 Å². The summed E-state index contributed by atoms with van der Waals surface area (Å²) in [5.41, 5.74) is 0.946. The molecule has 4 rings (SSSR count). The summed E-state index contributed by atoms with van der Waals surface area (Å²) in [4.78, 5) is 12.0. The van der Waals surface area contributed by atoms with E-state index in [9.17, 15) is 15.0 Å². The van der Waals surface area contributed by atoms with Crippen molar-refractivity contribution >= 4 is 5.78 Å². The SMILES string of the molecule is CC1=CC(=O)C[C@@H]2CC[C@@H]3[C@H](C[C@@H](O)[C@]4(C)[C@@H](O)CC[C@@H]34)[C@@]12C. The monoisotopic (exact) mass is 318 g/mol. The summed E-state index contributed by atoms with van der Waals surface area (Å²) in [6.45, 7) is 6.57. The molecule has 3 fully saturated rings. The van der Waals surface area contributed by atoms with Crippen LogP contribution in [0.2, 0.25) is 0 Å². The number of hydrogen-bond donors (Lipinski definition) is 2. The second-order valence-electron chi connectivity index (χ2n) is 9.14. The number of carbonyl (C=O) groups is 1. The Morgan fingerprint density at radius 2 is 1.78 bits per heavy atom. The predicted molar refractivity (Wildman–Crippen MR) is 88.7 cm³/mol. The Bertz CT molecular complexity index is 567. The summed E-state index contributed by atoms with van der Waals surface area (Å²) in [6, 6.07) is 0. The fraction of sp³-hybridized carbons (Fsp3) is 0.850. The van der Waals surface area contributed by atoms with Gasteiger partial charge in [0.1, 0.15) is 0 Å². The van der Waals surface area contributed by atoms with Crippen molar-refractivity contribution in [2.24, 2.45) is 34.5 Å². The van der Waals surface area contributed by atoms with Crippen LogP contribution in [-0.4, -0.2) is 28.2 Å². The molecule has 2 N–H and O–H groups in total. The second kappa shape index (κ2) is 4.92. The Kier molecular flexibility index (Phi) is 3.39. The summed E-state index contributed by atoms with van der Waals surface area (Å²) in [5.74, 6) is 2.17. The van der Waals surface area contributed by atoms with E-state index in [0.29, 0.717) is 30.1 Å². The molecule has 4 aliphatic rings. The molecule has 0 unspecified atom stereocenters. The number of carbonyl (C=O) groups excluding carboxylic acids is 1. The number of fused-ring (bicyclic) bond motifs is 5. The third-order valence-electron chi connectivity index (χ3n) is 8.64. The van der Waals surface area contributed by atoms with E-state index in [1.54, 1.807) is 0 Å². The van der Waals surface area contributed by atoms with Crippen molar-refractivity contribution in [3.8, 4) is 0 Å². The maximum Gasteiger partial charge on any atom is 0.155 e. The highest BCUT2D eigenvalue weighted by atomic mass is 16.3. The normalized spacial score (nSPS) is 55.7. The van der Waals surface area contributed by atoms with Crippen LogP contribution in [-0.2, 0) is 4.79 Å². The van der Waals surface area contributed by atoms with Gasteiger partial charge in [-0.3, -0.25) is 4.79 Å². The Morgan fingerprint density at radius 1 is 1.04 bits per heavy atom. The van der Waals surface area contributed by atoms with Crippen molar-refractivity contribution in [3.05, 3.63) is 11.6 Å². The maximum absolute atomic E-state index is 12.0. The van der Waals surface area contributed by atoms with E-state index in [4.69, 9.17) is 0 Å². The molecule has 0 heterocycles. The minimum Gasteiger partial charge on any atom is -0.392 e. The van der Waals surface area contributed by atoms with Crippen molar-refractivity contribution in [2.45, 2.75) is 71.5 Å². The summed E-state index contributed by atoms with van der Waals surface area (Å²) in [6.07, 6.45) is 6.68. The van der Waals surface area contributed by atoms with Crippen LogP contribution in [0.25, 0.3) is 0 Å². The molecule has 128 valence electrons. The quantitative estimate of drug-likeness (QED) is 0.721. The van der Waals surface area contributed by atoms with Crippen molar-refractivity contribution in [3.63, 3.8) is 0 Å². The third-order valence-corrected chi connectivity index (χ3v) is 8.64. The van der Waals surface area contributed by atoms with Crippen LogP contribution in [0.4, 0.5) is 0 Å². The molecule has 0 amide bonds. The number of hydrogen-bond acceptors (Lipinski definition) is 3. The first-order valence-electron chi connectivity index (χ1n) is 9.37. The zero-order valence-corrected chi connectivity index (χ0v) is 14.6. The molecule has 3 heteroatoms. The van der Waals surface area contributed by atoms with Gasteiger partial charge in [0.25, 0.3) is 0 Å². The highest BCUT2D eigenvalue weighted by Gasteiger charge is 2.63. The van der Waals surface area contributed by atoms with E-state index in [0.717, 1.165) is 32.1 Å². The first-order chi connectivity index (χ1) is 10.8. The van der Waals surface area contributed by atoms with Crippen LogP contribution in [0, 0.1) is 34.5 Å². The fourth-order valence-corrected chi connectivity index (χ4v) is 7.02. The second-order valence-corrected chi connectivity index (χ2v) is 9.14. The van der Waals surface area contributed by atoms with E-state index < -0.39 is 6.10 Å². The number of ketones is 1. The van der Waals surface area contributed by atoms with Gasteiger partial charge in [-0.25, -0.2) is 0 Å². The van der Waals surface area contributed by atoms with Gasteiger partial charge in [-0.15, -0.1) is 0 Å². The van der Waals surface area contributed by atoms with Gasteiger partial charge in [0.15, 0.2) is 5.78 Å². The lowest BCUT2D eigenvalue weighted by Gasteiger charge is -2.61. The van der Waals surface area contributed by atoms with Gasteiger partial charge in [-0.05, 0) is 74.2 Å². The minimum absolute atomic E-state index is 0.0483. The van der Waals surface area contributed by atoms with Gasteiger partial charge in [0.05, 0.1) is 12.2 Å². The molecule has 0 saturated heterocycles. The van der Waals surface area contributed by atoms with Gasteiger partial charge < -0.3 is 10.2 Å². The third kappa shape index (κ3) is 1.87. The van der Waals surface area contributed by atoms with Crippen LogP contribution in [0.3, 0.4) is 0 Å². The average Bonchev–Trinajstić information content (AvgIpc) is 2.80. The van der Waals surface area contributed by atoms with Gasteiger partial charge in [0, 0.05) is 11.8 Å². The summed E-state index contributed by atoms with van der Waals surface area (Å²) in [5, 5.41) is 21.5. The molecular formula is C20H30O3. The van der Waals surface area contributed by atoms with Crippen molar-refractivity contribution in [2.75, 3.05) is 0 Å². The van der Waals surface area contributed by atoms with E-state index in [1.807, 2.05) is 6.08 Å². The van der Waals surface area contributed by atoms with Crippen LogP contribution >= 0.6 is 0 Å². The van der Waals surface area contributed by atoms with E-state index >= 15 is 0 Å². The molecule has 3 nitrogen and oxygen atoms in total. The lowest BCUT2D eigenvalue weighted by molar-refractivity contribution is -0.163. The van der Waals surface area contributed by atoms with Crippen molar-refractivity contribution in [1.82, 2.24) is 0 Å². The molecule has 3 saturated carbocycles. The summed E-state index contributed by atoms with van der Waals surface area (Å²) < 4.78 is 0. The summed E-state index contributed by atoms with van der Waals surface area (Å²) >= 11 is 0. The fourth-order valence-electron chi connectivity index (χ4n) is 7.02. The smallest absolute Gasteiger partial charge is 0.155 e. The lowest BCUT2D eigenvalue weighted by atomic mass is 9.44. The average molecular weight is 318 g/mol. The first kappa shape index (κ1) is 15.8. The minimum atomic E-state index is -0.424. The molecule has 4 aliphatic carbocycles. The molecule has 0 spiro atoms. The van der Waals surface area contributed by atoms with Crippen LogP contribution < -0.4 is 0 Å². The molecule has 0 bridgehead atoms. The van der Waals surface area contributed by atoms with Crippen LogP contribution in [0.1, 0.15) is 59.3 Å². The lowest BCUT2D eigenvalue weighted by Crippen LogP contribution is -2.59. The number of rotatable bonds is 0. The van der Waals surface area contributed by atoms with E-state index in [1.165, 1.54) is 5.57 Å². The zero-order valence-electron chi connectivity index (χ0n) is 14.6. The molecule has 0 aromatic rings. The topological polar surface area (TPSA) is 57.5 Å². The Hall–Kier alpha value is -0.670. The molecule has 0 aliphatic heterocycles. The number of aliphatic hydroxyl groups is 2. The van der Waals surface area contributed by atoms with Crippen molar-refractivity contribution in [1.29, 1.82) is 0 Å². The Morgan fingerprint density at radius 3 is 2.52 bits per heavy atom. The molecule has 0 aromatic carbocycles. The largest absolute Gasteiger partial charge is 0.392 e. The molecule has 0 radical (unpaired) electrons. The van der Waals surface area contributed by atoms with Crippen LogP contribution in [0.5, 0.6) is 0 Å². The Labute approximate surface area is 139 Å². The van der Waals surface area contributed by atoms with Gasteiger partial charge in [0.2, 0.25) is 0 Å². The molecule has 8 atom stereocenters. The highest BCUT2D eigenvalue weighted by Crippen LogP contribution is 2.66. The molecule has 23 heavy (non-hydrogen) atoms. The number of aliphatic hydroxyl groups excluding tert-OH is 2. The highest BCUT2D eigenvalue weighted by molar-refractivity contribution is 5.91. The van der Waals surface area contributed by atoms with Gasteiger partial charge in [-0.1, -0.05) is 19.4 Å². The Balaban J connectivity index is 1.75. The van der Waals surface area contributed by atoms with Gasteiger partial charge in [-0.2, -0.15) is 0 Å². The molecular weight excluding hydrogens is 288 g/mol. The van der Waals surface area contributed by atoms with Crippen LogP contribution in [0.15, 0.2) is 11.6 Å². The summed E-state index contributed by atoms with van der Waals surface area (Å²) in [7, 11) is 0. The van der Waals surface area contributed by atoms with Crippen molar-refractivity contribution < 1.29 is 15.0 Å². The standard InChI is InChI=1S/C20H30O3/c1-11-8-13(21)9-12-4-5-14-15-6-7-17(22)20(15,3)18(23)10-16(14)19(11,12)2/h8,12,14-18,22-23H,4-7,9-10H2,1-3H3/t12-,14-,15-,16-,17-,18+,19-,20-/m0/s1. The maximum atomic E-state index is 12.0. The van der Waals surface area contributed by atoms with E-state index in [2.05, 4.69) is 20.8 Å².